The predicted octanol–water partition coefficient (Wildman–Crippen LogP) is 10.9. The van der Waals surface area contributed by atoms with Crippen LogP contribution in [0.5, 0.6) is 0 Å². The highest BCUT2D eigenvalue weighted by Gasteiger charge is 2.27. The third-order valence-corrected chi connectivity index (χ3v) is 9.77. The second-order valence-electron chi connectivity index (χ2n) is 11.6. The van der Waals surface area contributed by atoms with E-state index in [1.54, 1.807) is 0 Å². The van der Waals surface area contributed by atoms with Crippen LogP contribution < -0.4 is 0 Å². The lowest BCUT2D eigenvalue weighted by Gasteiger charge is -2.30. The van der Waals surface area contributed by atoms with Crippen LogP contribution in [-0.2, 0) is 13.6 Å². The Kier molecular flexibility index (Phi) is 16.5. The van der Waals surface area contributed by atoms with Crippen LogP contribution >= 0.6 is 8.60 Å². The third-order valence-electron chi connectivity index (χ3n) is 8.36. The molecule has 0 unspecified atom stereocenters. The largest absolute Gasteiger partial charge is 0.333 e. The standard InChI is InChI=1S/C30H57O3P/c1-4-10-16-22-28(23-17-11-5-1)31-34(32-29-24-18-12-6-2-7-13-19-25-29)33-30-26-20-14-8-3-9-15-21-27-30/h28-30H,1-27H2. The lowest BCUT2D eigenvalue weighted by Crippen LogP contribution is -2.20. The molecular weight excluding hydrogens is 439 g/mol. The molecule has 0 saturated heterocycles. The Bertz CT molecular complexity index is 377. The highest BCUT2D eigenvalue weighted by Crippen LogP contribution is 2.48. The first-order valence-electron chi connectivity index (χ1n) is 15.7. The van der Waals surface area contributed by atoms with Crippen LogP contribution in [0, 0.1) is 0 Å². The summed E-state index contributed by atoms with van der Waals surface area (Å²) >= 11 is 0. The molecule has 34 heavy (non-hydrogen) atoms. The van der Waals surface area contributed by atoms with Crippen LogP contribution in [0.2, 0.25) is 0 Å². The summed E-state index contributed by atoms with van der Waals surface area (Å²) in [5.41, 5.74) is 0. The van der Waals surface area contributed by atoms with Gasteiger partial charge in [0.2, 0.25) is 0 Å². The molecule has 0 atom stereocenters. The van der Waals surface area contributed by atoms with Gasteiger partial charge in [-0.15, -0.1) is 0 Å². The van der Waals surface area contributed by atoms with Crippen LogP contribution in [-0.4, -0.2) is 18.3 Å². The van der Waals surface area contributed by atoms with E-state index in [-0.39, 0.29) is 0 Å². The zero-order chi connectivity index (χ0) is 23.5. The zero-order valence-electron chi connectivity index (χ0n) is 22.5. The minimum Gasteiger partial charge on any atom is -0.309 e. The summed E-state index contributed by atoms with van der Waals surface area (Å²) in [6.45, 7) is 0. The van der Waals surface area contributed by atoms with E-state index in [4.69, 9.17) is 13.6 Å². The molecule has 0 aromatic rings. The lowest BCUT2D eigenvalue weighted by atomic mass is 9.99. The monoisotopic (exact) mass is 496 g/mol. The molecule has 0 N–H and O–H groups in total. The quantitative estimate of drug-likeness (QED) is 0.342. The summed E-state index contributed by atoms with van der Waals surface area (Å²) in [4.78, 5) is 0. The van der Waals surface area contributed by atoms with Gasteiger partial charge in [0, 0.05) is 0 Å². The van der Waals surface area contributed by atoms with E-state index in [1.807, 2.05) is 0 Å². The Morgan fingerprint density at radius 2 is 0.441 bits per heavy atom. The van der Waals surface area contributed by atoms with Crippen molar-refractivity contribution >= 4 is 8.60 Å². The van der Waals surface area contributed by atoms with E-state index >= 15 is 0 Å². The molecular formula is C30H57O3P. The van der Waals surface area contributed by atoms with E-state index in [9.17, 15) is 0 Å². The highest BCUT2D eigenvalue weighted by atomic mass is 31.2. The van der Waals surface area contributed by atoms with E-state index in [0.29, 0.717) is 18.3 Å². The Balaban J connectivity index is 1.60. The Labute approximate surface area is 213 Å². The number of rotatable bonds is 6. The maximum atomic E-state index is 6.81. The van der Waals surface area contributed by atoms with Crippen molar-refractivity contribution in [2.24, 2.45) is 0 Å². The average Bonchev–Trinajstić information content (AvgIpc) is 2.86. The van der Waals surface area contributed by atoms with Crippen molar-refractivity contribution < 1.29 is 13.6 Å². The molecule has 0 aromatic carbocycles. The van der Waals surface area contributed by atoms with Crippen molar-refractivity contribution in [3.63, 3.8) is 0 Å². The van der Waals surface area contributed by atoms with Gasteiger partial charge in [-0.05, 0) is 38.5 Å². The van der Waals surface area contributed by atoms with Crippen LogP contribution in [0.25, 0.3) is 0 Å². The summed E-state index contributed by atoms with van der Waals surface area (Å²) in [6.07, 6.45) is 36.9. The molecule has 0 spiro atoms. The van der Waals surface area contributed by atoms with E-state index < -0.39 is 8.60 Å². The zero-order valence-corrected chi connectivity index (χ0v) is 23.4. The Hall–Kier alpha value is 0.310. The van der Waals surface area contributed by atoms with E-state index in [1.165, 1.54) is 173 Å². The normalized spacial score (nSPS) is 25.7. The first-order valence-corrected chi connectivity index (χ1v) is 16.8. The summed E-state index contributed by atoms with van der Waals surface area (Å²) in [5, 5.41) is 0. The SMILES string of the molecule is C1CCCCC(OP(OC2CCCCCCCCC2)OC2CCCCCCCCC2)CCCC1. The van der Waals surface area contributed by atoms with Crippen LogP contribution in [0.1, 0.15) is 173 Å². The second-order valence-corrected chi connectivity index (χ2v) is 12.6. The first kappa shape index (κ1) is 28.9. The molecule has 0 radical (unpaired) electrons. The van der Waals surface area contributed by atoms with Crippen molar-refractivity contribution in [1.82, 2.24) is 0 Å². The van der Waals surface area contributed by atoms with Gasteiger partial charge in [-0.2, -0.15) is 0 Å². The fourth-order valence-corrected chi connectivity index (χ4v) is 7.58. The molecule has 200 valence electrons. The summed E-state index contributed by atoms with van der Waals surface area (Å²) < 4.78 is 20.4. The Morgan fingerprint density at radius 1 is 0.265 bits per heavy atom. The van der Waals surface area contributed by atoms with Gasteiger partial charge in [0.25, 0.3) is 0 Å². The van der Waals surface area contributed by atoms with E-state index in [2.05, 4.69) is 0 Å². The molecule has 3 aliphatic carbocycles. The molecule has 0 bridgehead atoms. The summed E-state index contributed by atoms with van der Waals surface area (Å²) in [7, 11) is -1.24. The summed E-state index contributed by atoms with van der Waals surface area (Å²) in [5.74, 6) is 0. The van der Waals surface area contributed by atoms with Gasteiger partial charge in [0.1, 0.15) is 0 Å². The number of hydrogen-bond donors (Lipinski definition) is 0. The topological polar surface area (TPSA) is 27.7 Å². The van der Waals surface area contributed by atoms with E-state index in [0.717, 1.165) is 0 Å². The van der Waals surface area contributed by atoms with Gasteiger partial charge >= 0.3 is 8.60 Å². The van der Waals surface area contributed by atoms with Gasteiger partial charge < -0.3 is 13.6 Å². The lowest BCUT2D eigenvalue weighted by molar-refractivity contribution is 0.0459. The molecule has 4 heteroatoms. The Morgan fingerprint density at radius 3 is 0.647 bits per heavy atom. The summed E-state index contributed by atoms with van der Waals surface area (Å²) in [6, 6.07) is 0. The average molecular weight is 497 g/mol. The molecule has 0 heterocycles. The third kappa shape index (κ3) is 13.6. The van der Waals surface area contributed by atoms with Gasteiger partial charge in [-0.1, -0.05) is 135 Å². The van der Waals surface area contributed by atoms with Crippen molar-refractivity contribution in [3.05, 3.63) is 0 Å². The van der Waals surface area contributed by atoms with Crippen LogP contribution in [0.4, 0.5) is 0 Å². The van der Waals surface area contributed by atoms with Gasteiger partial charge in [-0.3, -0.25) is 0 Å². The first-order chi connectivity index (χ1) is 16.9. The highest BCUT2D eigenvalue weighted by molar-refractivity contribution is 7.41. The van der Waals surface area contributed by atoms with Crippen molar-refractivity contribution in [2.75, 3.05) is 0 Å². The molecule has 0 aliphatic heterocycles. The van der Waals surface area contributed by atoms with Crippen molar-refractivity contribution in [1.29, 1.82) is 0 Å². The van der Waals surface area contributed by atoms with Crippen LogP contribution in [0.15, 0.2) is 0 Å². The number of hydrogen-bond acceptors (Lipinski definition) is 3. The smallest absolute Gasteiger partial charge is 0.309 e. The minimum absolute atomic E-state index is 0.336. The van der Waals surface area contributed by atoms with Gasteiger partial charge in [0.05, 0.1) is 18.3 Å². The fourth-order valence-electron chi connectivity index (χ4n) is 6.07. The van der Waals surface area contributed by atoms with Crippen LogP contribution in [0.3, 0.4) is 0 Å². The van der Waals surface area contributed by atoms with Gasteiger partial charge in [0.15, 0.2) is 0 Å². The molecule has 3 fully saturated rings. The molecule has 3 saturated carbocycles. The maximum Gasteiger partial charge on any atom is 0.333 e. The maximum absolute atomic E-state index is 6.81. The molecule has 3 nitrogen and oxygen atoms in total. The molecule has 0 aromatic heterocycles. The molecule has 0 amide bonds. The fraction of sp³-hybridized carbons (Fsp3) is 1.00. The minimum atomic E-state index is -1.24. The van der Waals surface area contributed by atoms with Crippen molar-refractivity contribution in [2.45, 2.75) is 192 Å². The van der Waals surface area contributed by atoms with Gasteiger partial charge in [-0.25, -0.2) is 0 Å². The molecule has 3 aliphatic rings. The van der Waals surface area contributed by atoms with Crippen molar-refractivity contribution in [3.8, 4) is 0 Å². The second kappa shape index (κ2) is 19.4. The molecule has 3 rings (SSSR count). The predicted molar refractivity (Wildman–Crippen MR) is 146 cm³/mol.